The molecule has 0 aromatic heterocycles. The molecule has 0 radical (unpaired) electrons. The van der Waals surface area contributed by atoms with Crippen LogP contribution in [0.25, 0.3) is 0 Å². The summed E-state index contributed by atoms with van der Waals surface area (Å²) < 4.78 is 19.1. The predicted molar refractivity (Wildman–Crippen MR) is 77.6 cm³/mol. The van der Waals surface area contributed by atoms with E-state index in [9.17, 15) is 9.18 Å². The first kappa shape index (κ1) is 15.1. The summed E-state index contributed by atoms with van der Waals surface area (Å²) in [6, 6.07) is 6.89. The Labute approximate surface area is 132 Å². The molecule has 20 heavy (non-hydrogen) atoms. The van der Waals surface area contributed by atoms with Crippen LogP contribution >= 0.6 is 39.1 Å². The van der Waals surface area contributed by atoms with Crippen LogP contribution in [0, 0.1) is 5.82 Å². The van der Waals surface area contributed by atoms with Gasteiger partial charge in [0.15, 0.2) is 11.6 Å². The van der Waals surface area contributed by atoms with E-state index in [0.29, 0.717) is 10.0 Å². The van der Waals surface area contributed by atoms with E-state index >= 15 is 0 Å². The zero-order valence-corrected chi connectivity index (χ0v) is 12.8. The summed E-state index contributed by atoms with van der Waals surface area (Å²) >= 11 is 14.5. The maximum atomic E-state index is 14.0. The summed E-state index contributed by atoms with van der Waals surface area (Å²) in [5.74, 6) is -1.95. The molecule has 1 N–H and O–H groups in total. The Hall–Kier alpha value is -1.30. The van der Waals surface area contributed by atoms with Crippen molar-refractivity contribution in [1.29, 1.82) is 0 Å². The van der Waals surface area contributed by atoms with E-state index in [1.54, 1.807) is 0 Å². The van der Waals surface area contributed by atoms with E-state index in [2.05, 4.69) is 15.9 Å². The number of hydrogen-bond donors (Lipinski definition) is 1. The van der Waals surface area contributed by atoms with Crippen LogP contribution in [-0.4, -0.2) is 11.1 Å². The highest BCUT2D eigenvalue weighted by Gasteiger charge is 2.17. The van der Waals surface area contributed by atoms with Crippen molar-refractivity contribution < 1.29 is 19.0 Å². The summed E-state index contributed by atoms with van der Waals surface area (Å²) in [6.45, 7) is 0. The fraction of sp³-hybridized carbons (Fsp3) is 0. The average molecular weight is 380 g/mol. The van der Waals surface area contributed by atoms with Crippen molar-refractivity contribution in [2.75, 3.05) is 0 Å². The lowest BCUT2D eigenvalue weighted by Gasteiger charge is -2.10. The first-order valence-corrected chi connectivity index (χ1v) is 6.78. The topological polar surface area (TPSA) is 46.5 Å². The zero-order valence-electron chi connectivity index (χ0n) is 9.66. The quantitative estimate of drug-likeness (QED) is 0.778. The minimum Gasteiger partial charge on any atom is -0.478 e. The van der Waals surface area contributed by atoms with Crippen LogP contribution in [0.2, 0.25) is 10.0 Å². The summed E-state index contributed by atoms with van der Waals surface area (Å²) in [4.78, 5) is 10.9. The van der Waals surface area contributed by atoms with Gasteiger partial charge in [0.25, 0.3) is 0 Å². The number of rotatable bonds is 3. The third kappa shape index (κ3) is 3.23. The standard InChI is InChI=1S/C13H6BrCl2FO3/c14-11-9(13(18)19)1-2-10(12(11)17)20-8-4-6(15)3-7(16)5-8/h1-5H,(H,18,19). The van der Waals surface area contributed by atoms with E-state index in [1.165, 1.54) is 30.3 Å². The van der Waals surface area contributed by atoms with E-state index in [4.69, 9.17) is 33.0 Å². The molecule has 2 aromatic carbocycles. The molecule has 0 amide bonds. The molecule has 0 saturated carbocycles. The van der Waals surface area contributed by atoms with Gasteiger partial charge in [-0.1, -0.05) is 23.2 Å². The lowest BCUT2D eigenvalue weighted by atomic mass is 10.2. The van der Waals surface area contributed by atoms with Crippen LogP contribution < -0.4 is 4.74 Å². The van der Waals surface area contributed by atoms with E-state index in [-0.39, 0.29) is 21.5 Å². The molecule has 0 aliphatic carbocycles. The average Bonchev–Trinajstić information content (AvgIpc) is 2.33. The maximum Gasteiger partial charge on any atom is 0.336 e. The SMILES string of the molecule is O=C(O)c1ccc(Oc2cc(Cl)cc(Cl)c2)c(F)c1Br. The molecule has 0 spiro atoms. The Bertz CT molecular complexity index is 671. The molecular weight excluding hydrogens is 374 g/mol. The monoisotopic (exact) mass is 378 g/mol. The number of hydrogen-bond acceptors (Lipinski definition) is 2. The molecule has 0 fully saturated rings. The summed E-state index contributed by atoms with van der Waals surface area (Å²) in [5, 5.41) is 9.55. The second kappa shape index (κ2) is 5.99. The van der Waals surface area contributed by atoms with Crippen LogP contribution in [-0.2, 0) is 0 Å². The Balaban J connectivity index is 2.39. The molecule has 0 unspecified atom stereocenters. The van der Waals surface area contributed by atoms with Crippen LogP contribution in [0.1, 0.15) is 10.4 Å². The second-order valence-corrected chi connectivity index (χ2v) is 5.42. The first-order valence-electron chi connectivity index (χ1n) is 5.23. The number of halogens is 4. The minimum absolute atomic E-state index is 0.139. The number of carbonyl (C=O) groups is 1. The minimum atomic E-state index is -1.24. The Morgan fingerprint density at radius 1 is 1.20 bits per heavy atom. The zero-order chi connectivity index (χ0) is 14.9. The van der Waals surface area contributed by atoms with Gasteiger partial charge in [-0.25, -0.2) is 9.18 Å². The number of benzene rings is 2. The molecule has 7 heteroatoms. The molecule has 2 aromatic rings. The van der Waals surface area contributed by atoms with Crippen molar-refractivity contribution in [2.45, 2.75) is 0 Å². The number of ether oxygens (including phenoxy) is 1. The first-order chi connectivity index (χ1) is 9.38. The van der Waals surface area contributed by atoms with Crippen molar-refractivity contribution in [3.8, 4) is 11.5 Å². The molecule has 104 valence electrons. The van der Waals surface area contributed by atoms with Gasteiger partial charge in [0, 0.05) is 10.0 Å². The summed E-state index contributed by atoms with van der Waals surface area (Å²) in [7, 11) is 0. The maximum absolute atomic E-state index is 14.0. The van der Waals surface area contributed by atoms with Gasteiger partial charge in [0.2, 0.25) is 0 Å². The summed E-state index contributed by atoms with van der Waals surface area (Å²) in [5.41, 5.74) is -0.195. The van der Waals surface area contributed by atoms with Gasteiger partial charge < -0.3 is 9.84 Å². The van der Waals surface area contributed by atoms with Crippen molar-refractivity contribution in [2.24, 2.45) is 0 Å². The van der Waals surface area contributed by atoms with E-state index < -0.39 is 11.8 Å². The molecule has 0 bridgehead atoms. The normalized spacial score (nSPS) is 10.4. The number of carboxylic acid groups (broad SMARTS) is 1. The van der Waals surface area contributed by atoms with Crippen LogP contribution in [0.5, 0.6) is 11.5 Å². The molecule has 0 heterocycles. The Morgan fingerprint density at radius 3 is 2.35 bits per heavy atom. The van der Waals surface area contributed by atoms with Gasteiger partial charge >= 0.3 is 5.97 Å². The molecule has 0 aliphatic rings. The number of aromatic carboxylic acids is 1. The van der Waals surface area contributed by atoms with Gasteiger partial charge in [-0.15, -0.1) is 0 Å². The Kier molecular flexibility index (Phi) is 4.52. The molecular formula is C13H6BrCl2FO3. The third-order valence-electron chi connectivity index (χ3n) is 2.34. The highest BCUT2D eigenvalue weighted by Crippen LogP contribution is 2.33. The van der Waals surface area contributed by atoms with Crippen molar-refractivity contribution in [1.82, 2.24) is 0 Å². The van der Waals surface area contributed by atoms with Crippen molar-refractivity contribution >= 4 is 45.1 Å². The fourth-order valence-corrected chi connectivity index (χ4v) is 2.49. The van der Waals surface area contributed by atoms with Crippen molar-refractivity contribution in [3.05, 3.63) is 56.2 Å². The van der Waals surface area contributed by atoms with Crippen LogP contribution in [0.4, 0.5) is 4.39 Å². The van der Waals surface area contributed by atoms with E-state index in [1.807, 2.05) is 0 Å². The molecule has 2 rings (SSSR count). The lowest BCUT2D eigenvalue weighted by Crippen LogP contribution is -2.00. The molecule has 3 nitrogen and oxygen atoms in total. The smallest absolute Gasteiger partial charge is 0.336 e. The molecule has 0 aliphatic heterocycles. The van der Waals surface area contributed by atoms with Gasteiger partial charge in [-0.3, -0.25) is 0 Å². The molecule has 0 saturated heterocycles. The van der Waals surface area contributed by atoms with Gasteiger partial charge in [0.05, 0.1) is 10.0 Å². The van der Waals surface area contributed by atoms with E-state index in [0.717, 1.165) is 0 Å². The predicted octanol–water partition coefficient (Wildman–Crippen LogP) is 5.39. The second-order valence-electron chi connectivity index (χ2n) is 3.75. The fourth-order valence-electron chi connectivity index (χ4n) is 1.49. The Morgan fingerprint density at radius 2 is 1.80 bits per heavy atom. The van der Waals surface area contributed by atoms with Gasteiger partial charge in [-0.2, -0.15) is 0 Å². The summed E-state index contributed by atoms with van der Waals surface area (Å²) in [6.07, 6.45) is 0. The third-order valence-corrected chi connectivity index (χ3v) is 3.55. The van der Waals surface area contributed by atoms with Crippen LogP contribution in [0.15, 0.2) is 34.8 Å². The van der Waals surface area contributed by atoms with Gasteiger partial charge in [-0.05, 0) is 46.3 Å². The van der Waals surface area contributed by atoms with Gasteiger partial charge in [0.1, 0.15) is 5.75 Å². The van der Waals surface area contributed by atoms with Crippen LogP contribution in [0.3, 0.4) is 0 Å². The molecule has 0 atom stereocenters. The lowest BCUT2D eigenvalue weighted by molar-refractivity contribution is 0.0695. The number of carboxylic acids is 1. The van der Waals surface area contributed by atoms with Crippen molar-refractivity contribution in [3.63, 3.8) is 0 Å². The highest BCUT2D eigenvalue weighted by atomic mass is 79.9. The highest BCUT2D eigenvalue weighted by molar-refractivity contribution is 9.10. The largest absolute Gasteiger partial charge is 0.478 e.